The van der Waals surface area contributed by atoms with E-state index in [1.165, 1.54) is 4.31 Å². The van der Waals surface area contributed by atoms with Gasteiger partial charge in [0, 0.05) is 11.6 Å². The van der Waals surface area contributed by atoms with Crippen molar-refractivity contribution in [3.05, 3.63) is 53.1 Å². The molecule has 6 nitrogen and oxygen atoms in total. The fourth-order valence-electron chi connectivity index (χ4n) is 3.42. The van der Waals surface area contributed by atoms with Crippen molar-refractivity contribution in [2.75, 3.05) is 22.5 Å². The van der Waals surface area contributed by atoms with Crippen LogP contribution in [-0.4, -0.2) is 33.2 Å². The number of carbonyl (C=O) groups is 1. The number of nitrogens with one attached hydrogen (secondary N) is 1. The number of ether oxygens (including phenoxy) is 1. The van der Waals surface area contributed by atoms with E-state index in [9.17, 15) is 13.2 Å². The highest BCUT2D eigenvalue weighted by Gasteiger charge is 2.34. The maximum Gasteiger partial charge on any atom is 0.255 e. The van der Waals surface area contributed by atoms with E-state index >= 15 is 0 Å². The predicted octanol–water partition coefficient (Wildman–Crippen LogP) is 3.36. The first-order chi connectivity index (χ1) is 12.8. The van der Waals surface area contributed by atoms with Crippen LogP contribution in [0.2, 0.25) is 0 Å². The number of sulfonamides is 1. The van der Waals surface area contributed by atoms with Gasteiger partial charge in [-0.1, -0.05) is 6.07 Å². The van der Waals surface area contributed by atoms with Gasteiger partial charge in [-0.15, -0.1) is 0 Å². The molecule has 0 bridgehead atoms. The quantitative estimate of drug-likeness (QED) is 0.852. The Morgan fingerprint density at radius 3 is 2.67 bits per heavy atom. The van der Waals surface area contributed by atoms with Crippen molar-refractivity contribution in [3.8, 4) is 5.75 Å². The van der Waals surface area contributed by atoms with E-state index in [1.807, 2.05) is 32.0 Å². The van der Waals surface area contributed by atoms with Gasteiger partial charge in [0.1, 0.15) is 5.75 Å². The van der Waals surface area contributed by atoms with Gasteiger partial charge >= 0.3 is 0 Å². The van der Waals surface area contributed by atoms with Gasteiger partial charge in [-0.3, -0.25) is 9.10 Å². The lowest BCUT2D eigenvalue weighted by molar-refractivity contribution is 0.102. The normalized spacial score (nSPS) is 16.1. The molecule has 2 aromatic rings. The van der Waals surface area contributed by atoms with Crippen molar-refractivity contribution in [2.24, 2.45) is 0 Å². The second kappa shape index (κ2) is 7.23. The Morgan fingerprint density at radius 1 is 1.26 bits per heavy atom. The van der Waals surface area contributed by atoms with Crippen LogP contribution in [0.4, 0.5) is 11.4 Å². The minimum atomic E-state index is -3.34. The van der Waals surface area contributed by atoms with Crippen LogP contribution >= 0.6 is 0 Å². The lowest BCUT2D eigenvalue weighted by atomic mass is 10.1. The molecule has 0 aliphatic carbocycles. The van der Waals surface area contributed by atoms with Crippen molar-refractivity contribution in [1.29, 1.82) is 0 Å². The van der Waals surface area contributed by atoms with Crippen LogP contribution in [0, 0.1) is 6.92 Å². The zero-order chi connectivity index (χ0) is 19.8. The van der Waals surface area contributed by atoms with Crippen LogP contribution in [0.15, 0.2) is 36.4 Å². The number of methoxy groups -OCH3 is 1. The molecular weight excluding hydrogens is 364 g/mol. The Bertz CT molecular complexity index is 985. The van der Waals surface area contributed by atoms with Crippen LogP contribution in [-0.2, 0) is 16.4 Å². The zero-order valence-electron chi connectivity index (χ0n) is 15.9. The lowest BCUT2D eigenvalue weighted by Gasteiger charge is -2.23. The Morgan fingerprint density at radius 2 is 2.00 bits per heavy atom. The molecule has 1 aliphatic rings. The van der Waals surface area contributed by atoms with Crippen molar-refractivity contribution in [3.63, 3.8) is 0 Å². The van der Waals surface area contributed by atoms with Gasteiger partial charge in [-0.2, -0.15) is 0 Å². The molecule has 1 aliphatic heterocycles. The molecule has 0 saturated carbocycles. The van der Waals surface area contributed by atoms with Gasteiger partial charge in [0.05, 0.1) is 24.2 Å². The van der Waals surface area contributed by atoms with Gasteiger partial charge in [-0.25, -0.2) is 8.42 Å². The molecule has 0 radical (unpaired) electrons. The maximum atomic E-state index is 12.7. The van der Waals surface area contributed by atoms with Crippen LogP contribution in [0.25, 0.3) is 0 Å². The van der Waals surface area contributed by atoms with Gasteiger partial charge in [-0.05, 0) is 68.7 Å². The number of carbonyl (C=O) groups excluding carboxylic acids is 1. The van der Waals surface area contributed by atoms with Crippen LogP contribution < -0.4 is 14.4 Å². The van der Waals surface area contributed by atoms with Gasteiger partial charge in [0.25, 0.3) is 5.91 Å². The smallest absolute Gasteiger partial charge is 0.255 e. The molecular formula is C20H24N2O4S. The molecule has 27 heavy (non-hydrogen) atoms. The van der Waals surface area contributed by atoms with Gasteiger partial charge in [0.15, 0.2) is 0 Å². The molecule has 0 saturated heterocycles. The first kappa shape index (κ1) is 19.2. The topological polar surface area (TPSA) is 75.7 Å². The molecule has 3 rings (SSSR count). The molecule has 0 fully saturated rings. The Kier molecular flexibility index (Phi) is 5.15. The van der Waals surface area contributed by atoms with E-state index in [0.29, 0.717) is 29.1 Å². The third kappa shape index (κ3) is 3.64. The third-order valence-corrected chi connectivity index (χ3v) is 6.65. The number of hydrogen-bond acceptors (Lipinski definition) is 4. The maximum absolute atomic E-state index is 12.7. The molecule has 7 heteroatoms. The summed E-state index contributed by atoms with van der Waals surface area (Å²) in [6.07, 6.45) is 0.587. The van der Waals surface area contributed by atoms with Crippen LogP contribution in [0.3, 0.4) is 0 Å². The molecule has 0 aromatic heterocycles. The number of nitrogens with zero attached hydrogens (tertiary/aromatic N) is 1. The number of amides is 1. The lowest BCUT2D eigenvalue weighted by Crippen LogP contribution is -2.36. The largest absolute Gasteiger partial charge is 0.495 e. The number of benzene rings is 2. The Labute approximate surface area is 160 Å². The van der Waals surface area contributed by atoms with Crippen molar-refractivity contribution in [2.45, 2.75) is 33.2 Å². The summed E-state index contributed by atoms with van der Waals surface area (Å²) >= 11 is 0. The SMILES string of the molecule is CCS(=O)(=O)N1c2ccc(C(=O)Nc3cc(C)ccc3OC)cc2C[C@@H]1C. The monoisotopic (exact) mass is 388 g/mol. The predicted molar refractivity (Wildman–Crippen MR) is 107 cm³/mol. The summed E-state index contributed by atoms with van der Waals surface area (Å²) in [5.41, 5.74) is 3.62. The molecule has 0 unspecified atom stereocenters. The summed E-state index contributed by atoms with van der Waals surface area (Å²) in [5.74, 6) is 0.377. The number of anilines is 2. The fourth-order valence-corrected chi connectivity index (χ4v) is 4.80. The first-order valence-corrected chi connectivity index (χ1v) is 10.5. The van der Waals surface area contributed by atoms with E-state index in [2.05, 4.69) is 5.32 Å². The van der Waals surface area contributed by atoms with E-state index < -0.39 is 10.0 Å². The minimum Gasteiger partial charge on any atom is -0.495 e. The van der Waals surface area contributed by atoms with E-state index in [0.717, 1.165) is 11.1 Å². The summed E-state index contributed by atoms with van der Waals surface area (Å²) in [6.45, 7) is 5.45. The zero-order valence-corrected chi connectivity index (χ0v) is 16.8. The first-order valence-electron chi connectivity index (χ1n) is 8.88. The highest BCUT2D eigenvalue weighted by atomic mass is 32.2. The summed E-state index contributed by atoms with van der Waals surface area (Å²) < 4.78 is 31.5. The number of hydrogen-bond donors (Lipinski definition) is 1. The second-order valence-electron chi connectivity index (χ2n) is 6.75. The van der Waals surface area contributed by atoms with Crippen molar-refractivity contribution >= 4 is 27.3 Å². The summed E-state index contributed by atoms with van der Waals surface area (Å²) in [7, 11) is -1.78. The molecule has 2 aromatic carbocycles. The van der Waals surface area contributed by atoms with E-state index in [1.54, 1.807) is 32.2 Å². The van der Waals surface area contributed by atoms with E-state index in [4.69, 9.17) is 4.74 Å². The van der Waals surface area contributed by atoms with Crippen LogP contribution in [0.1, 0.15) is 35.3 Å². The van der Waals surface area contributed by atoms with Crippen LogP contribution in [0.5, 0.6) is 5.75 Å². The highest BCUT2D eigenvalue weighted by Crippen LogP contribution is 2.35. The van der Waals surface area contributed by atoms with Crippen molar-refractivity contribution < 1.29 is 17.9 Å². The molecule has 144 valence electrons. The van der Waals surface area contributed by atoms with Crippen molar-refractivity contribution in [1.82, 2.24) is 0 Å². The standard InChI is InChI=1S/C20H24N2O4S/c1-5-27(24,25)22-14(3)11-16-12-15(7-8-18(16)22)20(23)21-17-10-13(2)6-9-19(17)26-4/h6-10,12,14H,5,11H2,1-4H3,(H,21,23)/t14-/m0/s1. The third-order valence-electron chi connectivity index (χ3n) is 4.76. The molecule has 0 spiro atoms. The average molecular weight is 388 g/mol. The Balaban J connectivity index is 1.89. The molecule has 1 heterocycles. The fraction of sp³-hybridized carbons (Fsp3) is 0.350. The molecule has 1 N–H and O–H groups in total. The number of aryl methyl sites for hydroxylation is 1. The number of rotatable bonds is 5. The molecule has 1 amide bonds. The minimum absolute atomic E-state index is 0.0478. The number of fused-ring (bicyclic) bond motifs is 1. The van der Waals surface area contributed by atoms with Gasteiger partial charge in [0.2, 0.25) is 10.0 Å². The average Bonchev–Trinajstić information content (AvgIpc) is 2.97. The molecule has 1 atom stereocenters. The van der Waals surface area contributed by atoms with Gasteiger partial charge < -0.3 is 10.1 Å². The summed E-state index contributed by atoms with van der Waals surface area (Å²) in [5, 5.41) is 2.88. The highest BCUT2D eigenvalue weighted by molar-refractivity contribution is 7.92. The second-order valence-corrected chi connectivity index (χ2v) is 8.89. The van der Waals surface area contributed by atoms with E-state index in [-0.39, 0.29) is 17.7 Å². The summed E-state index contributed by atoms with van der Waals surface area (Å²) in [6, 6.07) is 10.6. The Hall–Kier alpha value is -2.54. The summed E-state index contributed by atoms with van der Waals surface area (Å²) in [4.78, 5) is 12.7.